The summed E-state index contributed by atoms with van der Waals surface area (Å²) in [6.07, 6.45) is 0. The average molecular weight is 237 g/mol. The van der Waals surface area contributed by atoms with Crippen molar-refractivity contribution in [1.29, 1.82) is 0 Å². The molecule has 0 spiro atoms. The van der Waals surface area contributed by atoms with E-state index in [-0.39, 0.29) is 5.78 Å². The van der Waals surface area contributed by atoms with E-state index in [0.29, 0.717) is 5.56 Å². The number of nitrogens with zero attached hydrogens (tertiary/aromatic N) is 3. The van der Waals surface area contributed by atoms with Gasteiger partial charge < -0.3 is 0 Å². The molecule has 0 fully saturated rings. The Balaban J connectivity index is 2.20. The van der Waals surface area contributed by atoms with Crippen LogP contribution < -0.4 is 0 Å². The summed E-state index contributed by atoms with van der Waals surface area (Å²) in [6.45, 7) is 1.55. The van der Waals surface area contributed by atoms with Crippen LogP contribution in [0.4, 0.5) is 0 Å². The van der Waals surface area contributed by atoms with Gasteiger partial charge in [0.05, 0.1) is 11.2 Å². The number of aromatic nitrogens is 3. The lowest BCUT2D eigenvalue weighted by Crippen LogP contribution is -1.99. The molecule has 0 aliphatic carbocycles. The van der Waals surface area contributed by atoms with Gasteiger partial charge in [0, 0.05) is 5.56 Å². The van der Waals surface area contributed by atoms with Gasteiger partial charge >= 0.3 is 0 Å². The standard InChI is InChI=1S/C14H11N3O/c1-10(18)11-5-4-6-12(9-11)17-14-8-3-2-7-13(14)15-16-17/h2-9H,1H3. The van der Waals surface area contributed by atoms with Crippen LogP contribution in [0, 0.1) is 0 Å². The molecule has 3 rings (SSSR count). The number of hydrogen-bond donors (Lipinski definition) is 0. The van der Waals surface area contributed by atoms with Crippen molar-refractivity contribution in [3.63, 3.8) is 0 Å². The molecule has 1 aromatic heterocycles. The molecule has 0 saturated carbocycles. The molecular weight excluding hydrogens is 226 g/mol. The van der Waals surface area contributed by atoms with Gasteiger partial charge in [-0.3, -0.25) is 4.79 Å². The SMILES string of the molecule is CC(=O)c1cccc(-n2nnc3ccccc32)c1. The molecule has 1 heterocycles. The van der Waals surface area contributed by atoms with Gasteiger partial charge in [0.2, 0.25) is 0 Å². The van der Waals surface area contributed by atoms with Crippen LogP contribution in [-0.2, 0) is 0 Å². The van der Waals surface area contributed by atoms with E-state index in [1.54, 1.807) is 17.7 Å². The minimum Gasteiger partial charge on any atom is -0.295 e. The lowest BCUT2D eigenvalue weighted by Gasteiger charge is -2.03. The number of hydrogen-bond acceptors (Lipinski definition) is 3. The number of fused-ring (bicyclic) bond motifs is 1. The third-order valence-corrected chi connectivity index (χ3v) is 2.85. The van der Waals surface area contributed by atoms with Crippen molar-refractivity contribution in [3.8, 4) is 5.69 Å². The van der Waals surface area contributed by atoms with E-state index in [9.17, 15) is 4.79 Å². The summed E-state index contributed by atoms with van der Waals surface area (Å²) < 4.78 is 1.74. The van der Waals surface area contributed by atoms with E-state index in [2.05, 4.69) is 10.3 Å². The average Bonchev–Trinajstić information content (AvgIpc) is 2.82. The van der Waals surface area contributed by atoms with Crippen molar-refractivity contribution < 1.29 is 4.79 Å². The fourth-order valence-electron chi connectivity index (χ4n) is 1.92. The molecule has 0 bridgehead atoms. The Bertz CT molecular complexity index is 730. The van der Waals surface area contributed by atoms with E-state index in [4.69, 9.17) is 0 Å². The summed E-state index contributed by atoms with van der Waals surface area (Å²) in [5.41, 5.74) is 3.28. The second-order valence-corrected chi connectivity index (χ2v) is 4.10. The lowest BCUT2D eigenvalue weighted by atomic mass is 10.1. The highest BCUT2D eigenvalue weighted by atomic mass is 16.1. The number of ketones is 1. The van der Waals surface area contributed by atoms with Gasteiger partial charge in [0.15, 0.2) is 5.78 Å². The predicted octanol–water partition coefficient (Wildman–Crippen LogP) is 2.62. The number of Topliss-reactive ketones (excluding diaryl/α,β-unsaturated/α-hetero) is 1. The Hall–Kier alpha value is -2.49. The number of benzene rings is 2. The molecule has 0 aliphatic rings. The van der Waals surface area contributed by atoms with Gasteiger partial charge in [-0.05, 0) is 31.2 Å². The largest absolute Gasteiger partial charge is 0.295 e. The molecule has 4 nitrogen and oxygen atoms in total. The maximum atomic E-state index is 11.4. The summed E-state index contributed by atoms with van der Waals surface area (Å²) in [4.78, 5) is 11.4. The van der Waals surface area contributed by atoms with Gasteiger partial charge in [-0.25, -0.2) is 4.68 Å². The molecule has 18 heavy (non-hydrogen) atoms. The Morgan fingerprint density at radius 2 is 1.94 bits per heavy atom. The highest BCUT2D eigenvalue weighted by molar-refractivity contribution is 5.94. The Kier molecular flexibility index (Phi) is 2.41. The van der Waals surface area contributed by atoms with Crippen LogP contribution in [0.3, 0.4) is 0 Å². The van der Waals surface area contributed by atoms with Crippen molar-refractivity contribution in [3.05, 3.63) is 54.1 Å². The zero-order valence-corrected chi connectivity index (χ0v) is 9.87. The van der Waals surface area contributed by atoms with E-state index < -0.39 is 0 Å². The van der Waals surface area contributed by atoms with Crippen LogP contribution in [0.1, 0.15) is 17.3 Å². The van der Waals surface area contributed by atoms with Crippen molar-refractivity contribution in [2.45, 2.75) is 6.92 Å². The Morgan fingerprint density at radius 1 is 1.11 bits per heavy atom. The van der Waals surface area contributed by atoms with Crippen molar-refractivity contribution in [1.82, 2.24) is 15.0 Å². The molecule has 0 amide bonds. The maximum absolute atomic E-state index is 11.4. The fraction of sp³-hybridized carbons (Fsp3) is 0.0714. The molecule has 0 N–H and O–H groups in total. The maximum Gasteiger partial charge on any atom is 0.159 e. The summed E-state index contributed by atoms with van der Waals surface area (Å²) in [5.74, 6) is 0.0428. The second-order valence-electron chi connectivity index (χ2n) is 4.10. The van der Waals surface area contributed by atoms with Gasteiger partial charge in [0.25, 0.3) is 0 Å². The van der Waals surface area contributed by atoms with Gasteiger partial charge in [0.1, 0.15) is 5.52 Å². The fourth-order valence-corrected chi connectivity index (χ4v) is 1.92. The van der Waals surface area contributed by atoms with Crippen molar-refractivity contribution in [2.75, 3.05) is 0 Å². The summed E-state index contributed by atoms with van der Waals surface area (Å²) in [5, 5.41) is 8.22. The first-order valence-electron chi connectivity index (χ1n) is 5.67. The predicted molar refractivity (Wildman–Crippen MR) is 68.9 cm³/mol. The Labute approximate surface area is 104 Å². The molecule has 88 valence electrons. The molecular formula is C14H11N3O. The summed E-state index contributed by atoms with van der Waals surface area (Å²) in [7, 11) is 0. The third kappa shape index (κ3) is 1.68. The lowest BCUT2D eigenvalue weighted by molar-refractivity contribution is 0.101. The molecule has 4 heteroatoms. The zero-order valence-electron chi connectivity index (χ0n) is 9.87. The minimum absolute atomic E-state index is 0.0428. The van der Waals surface area contributed by atoms with Crippen molar-refractivity contribution >= 4 is 16.8 Å². The normalized spacial score (nSPS) is 10.7. The number of rotatable bonds is 2. The monoisotopic (exact) mass is 237 g/mol. The molecule has 3 aromatic rings. The van der Waals surface area contributed by atoms with Crippen LogP contribution in [0.15, 0.2) is 48.5 Å². The van der Waals surface area contributed by atoms with Gasteiger partial charge in [-0.1, -0.05) is 29.5 Å². The van der Waals surface area contributed by atoms with Crippen LogP contribution in [0.2, 0.25) is 0 Å². The van der Waals surface area contributed by atoms with Gasteiger partial charge in [-0.15, -0.1) is 5.10 Å². The van der Waals surface area contributed by atoms with Crippen LogP contribution >= 0.6 is 0 Å². The number of carbonyl (C=O) groups excluding carboxylic acids is 1. The van der Waals surface area contributed by atoms with E-state index in [1.807, 2.05) is 42.5 Å². The topological polar surface area (TPSA) is 47.8 Å². The van der Waals surface area contributed by atoms with Crippen LogP contribution in [-0.4, -0.2) is 20.8 Å². The van der Waals surface area contributed by atoms with E-state index >= 15 is 0 Å². The second kappa shape index (κ2) is 4.07. The Morgan fingerprint density at radius 3 is 2.78 bits per heavy atom. The molecule has 0 atom stereocenters. The molecule has 0 aliphatic heterocycles. The highest BCUT2D eigenvalue weighted by Gasteiger charge is 2.07. The first-order valence-corrected chi connectivity index (χ1v) is 5.67. The highest BCUT2D eigenvalue weighted by Crippen LogP contribution is 2.16. The molecule has 0 unspecified atom stereocenters. The van der Waals surface area contributed by atoms with E-state index in [1.165, 1.54) is 0 Å². The first-order chi connectivity index (χ1) is 8.75. The quantitative estimate of drug-likeness (QED) is 0.644. The minimum atomic E-state index is 0.0428. The van der Waals surface area contributed by atoms with Crippen LogP contribution in [0.5, 0.6) is 0 Å². The summed E-state index contributed by atoms with van der Waals surface area (Å²) >= 11 is 0. The molecule has 0 saturated heterocycles. The van der Waals surface area contributed by atoms with Crippen molar-refractivity contribution in [2.24, 2.45) is 0 Å². The third-order valence-electron chi connectivity index (χ3n) is 2.85. The molecule has 2 aromatic carbocycles. The van der Waals surface area contributed by atoms with Crippen LogP contribution in [0.25, 0.3) is 16.7 Å². The smallest absolute Gasteiger partial charge is 0.159 e. The zero-order chi connectivity index (χ0) is 12.5. The number of para-hydroxylation sites is 1. The van der Waals surface area contributed by atoms with E-state index in [0.717, 1.165) is 16.7 Å². The number of carbonyl (C=O) groups is 1. The molecule has 0 radical (unpaired) electrons. The summed E-state index contributed by atoms with van der Waals surface area (Å²) in [6, 6.07) is 15.1. The first kappa shape index (κ1) is 10.7. The van der Waals surface area contributed by atoms with Gasteiger partial charge in [-0.2, -0.15) is 0 Å².